The van der Waals surface area contributed by atoms with Crippen LogP contribution in [-0.2, 0) is 21.4 Å². The minimum atomic E-state index is -3.26. The third kappa shape index (κ3) is 4.53. The highest BCUT2D eigenvalue weighted by Gasteiger charge is 2.33. The molecule has 1 saturated heterocycles. The Kier molecular flexibility index (Phi) is 5.78. The number of hydrogen-bond acceptors (Lipinski definition) is 4. The molecule has 6 nitrogen and oxygen atoms in total. The van der Waals surface area contributed by atoms with Gasteiger partial charge in [0.15, 0.2) is 0 Å². The van der Waals surface area contributed by atoms with Crippen LogP contribution in [0.3, 0.4) is 0 Å². The molecule has 0 saturated carbocycles. The number of sulfonamides is 1. The minimum Gasteiger partial charge on any atom is -0.340 e. The summed E-state index contributed by atoms with van der Waals surface area (Å²) in [5, 5.41) is -0.429. The van der Waals surface area contributed by atoms with Crippen LogP contribution >= 0.6 is 0 Å². The normalized spacial score (nSPS) is 19.0. The molecule has 2 rings (SSSR count). The van der Waals surface area contributed by atoms with E-state index in [-0.39, 0.29) is 12.5 Å². The van der Waals surface area contributed by atoms with Gasteiger partial charge in [-0.2, -0.15) is 0 Å². The summed E-state index contributed by atoms with van der Waals surface area (Å²) in [6, 6.07) is 7.99. The van der Waals surface area contributed by atoms with E-state index in [1.165, 1.54) is 7.05 Å². The first-order valence-corrected chi connectivity index (χ1v) is 9.31. The van der Waals surface area contributed by atoms with Crippen molar-refractivity contribution in [1.82, 2.24) is 14.5 Å². The van der Waals surface area contributed by atoms with Crippen LogP contribution in [0, 0.1) is 6.92 Å². The molecule has 0 spiro atoms. The van der Waals surface area contributed by atoms with Gasteiger partial charge in [-0.05, 0) is 31.5 Å². The lowest BCUT2D eigenvalue weighted by Crippen LogP contribution is -2.39. The van der Waals surface area contributed by atoms with E-state index in [2.05, 4.69) is 4.72 Å². The second-order valence-electron chi connectivity index (χ2n) is 6.07. The number of likely N-dealkylation sites (N-methyl/N-ethyl adjacent to an activating group) is 1. The Balaban J connectivity index is 1.89. The highest BCUT2D eigenvalue weighted by Crippen LogP contribution is 2.16. The van der Waals surface area contributed by atoms with Gasteiger partial charge in [0.25, 0.3) is 0 Å². The molecule has 0 aliphatic carbocycles. The lowest BCUT2D eigenvalue weighted by molar-refractivity contribution is -0.131. The number of benzene rings is 1. The first-order chi connectivity index (χ1) is 10.8. The quantitative estimate of drug-likeness (QED) is 0.823. The lowest BCUT2D eigenvalue weighted by Gasteiger charge is -2.22. The molecule has 0 radical (unpaired) electrons. The summed E-state index contributed by atoms with van der Waals surface area (Å²) in [5.41, 5.74) is 2.29. The number of aryl methyl sites for hydroxylation is 1. The van der Waals surface area contributed by atoms with Gasteiger partial charge >= 0.3 is 0 Å². The fraction of sp³-hybridized carbons (Fsp3) is 0.562. The summed E-state index contributed by atoms with van der Waals surface area (Å²) >= 11 is 0. The molecular weight excluding hydrogens is 314 g/mol. The number of likely N-dealkylation sites (tertiary alicyclic amines) is 1. The first kappa shape index (κ1) is 17.9. The van der Waals surface area contributed by atoms with Crippen LogP contribution in [-0.4, -0.2) is 63.1 Å². The van der Waals surface area contributed by atoms with Gasteiger partial charge in [-0.15, -0.1) is 0 Å². The molecule has 1 unspecified atom stereocenters. The van der Waals surface area contributed by atoms with Gasteiger partial charge in [-0.3, -0.25) is 9.69 Å². The van der Waals surface area contributed by atoms with Gasteiger partial charge in [0.2, 0.25) is 15.9 Å². The average Bonchev–Trinajstić information content (AvgIpc) is 2.98. The first-order valence-electron chi connectivity index (χ1n) is 7.76. The van der Waals surface area contributed by atoms with Crippen LogP contribution in [0.2, 0.25) is 0 Å². The number of carbonyl (C=O) groups is 1. The zero-order valence-corrected chi connectivity index (χ0v) is 14.8. The van der Waals surface area contributed by atoms with Crippen molar-refractivity contribution < 1.29 is 13.2 Å². The molecule has 1 aliphatic heterocycles. The van der Waals surface area contributed by atoms with Crippen molar-refractivity contribution in [2.45, 2.75) is 25.1 Å². The van der Waals surface area contributed by atoms with Crippen molar-refractivity contribution in [2.24, 2.45) is 0 Å². The molecule has 1 amide bonds. The molecule has 0 bridgehead atoms. The second-order valence-corrected chi connectivity index (χ2v) is 8.24. The molecule has 1 aromatic rings. The third-order valence-corrected chi connectivity index (χ3v) is 6.24. The van der Waals surface area contributed by atoms with E-state index >= 15 is 0 Å². The molecule has 1 N–H and O–H groups in total. The molecule has 1 aromatic carbocycles. The third-order valence-electron chi connectivity index (χ3n) is 4.41. The summed E-state index contributed by atoms with van der Waals surface area (Å²) in [4.78, 5) is 16.0. The zero-order valence-electron chi connectivity index (χ0n) is 13.9. The Labute approximate surface area is 138 Å². The summed E-state index contributed by atoms with van der Waals surface area (Å²) in [5.74, 6) is 0.00996. The fourth-order valence-electron chi connectivity index (χ4n) is 2.80. The van der Waals surface area contributed by atoms with Crippen molar-refractivity contribution >= 4 is 15.9 Å². The molecule has 1 aliphatic rings. The SMILES string of the molecule is CNS(=O)(=O)C1CCN(CC(=O)N(C)Cc2ccccc2C)C1. The second kappa shape index (κ2) is 7.42. The predicted octanol–water partition coefficient (Wildman–Crippen LogP) is 0.577. The number of hydrogen-bond donors (Lipinski definition) is 1. The highest BCUT2D eigenvalue weighted by atomic mass is 32.2. The fourth-order valence-corrected chi connectivity index (χ4v) is 3.96. The number of amides is 1. The monoisotopic (exact) mass is 339 g/mol. The largest absolute Gasteiger partial charge is 0.340 e. The molecule has 0 aromatic heterocycles. The van der Waals surface area contributed by atoms with E-state index in [0.29, 0.717) is 26.1 Å². The van der Waals surface area contributed by atoms with Crippen molar-refractivity contribution in [3.63, 3.8) is 0 Å². The molecule has 23 heavy (non-hydrogen) atoms. The Hall–Kier alpha value is -1.44. The van der Waals surface area contributed by atoms with Gasteiger partial charge < -0.3 is 4.90 Å². The Morgan fingerprint density at radius 1 is 1.39 bits per heavy atom. The predicted molar refractivity (Wildman–Crippen MR) is 90.5 cm³/mol. The molecular formula is C16H25N3O3S. The van der Waals surface area contributed by atoms with Crippen molar-refractivity contribution in [3.8, 4) is 0 Å². The molecule has 1 heterocycles. The minimum absolute atomic E-state index is 0.00996. The summed E-state index contributed by atoms with van der Waals surface area (Å²) in [6.45, 7) is 3.90. The standard InChI is InChI=1S/C16H25N3O3S/c1-13-6-4-5-7-14(13)10-18(3)16(20)12-19-9-8-15(11-19)23(21,22)17-2/h4-7,15,17H,8-12H2,1-3H3. The van der Waals surface area contributed by atoms with Gasteiger partial charge in [0.05, 0.1) is 11.8 Å². The van der Waals surface area contributed by atoms with Crippen LogP contribution in [0.5, 0.6) is 0 Å². The topological polar surface area (TPSA) is 69.7 Å². The van der Waals surface area contributed by atoms with Crippen LogP contribution < -0.4 is 4.72 Å². The van der Waals surface area contributed by atoms with E-state index in [9.17, 15) is 13.2 Å². The van der Waals surface area contributed by atoms with E-state index in [0.717, 1.165) is 11.1 Å². The van der Waals surface area contributed by atoms with E-state index in [1.54, 1.807) is 11.9 Å². The number of nitrogens with one attached hydrogen (secondary N) is 1. The molecule has 1 fully saturated rings. The maximum atomic E-state index is 12.4. The number of nitrogens with zero attached hydrogens (tertiary/aromatic N) is 2. The lowest BCUT2D eigenvalue weighted by atomic mass is 10.1. The summed E-state index contributed by atoms with van der Waals surface area (Å²) in [7, 11) is -0.0435. The number of carbonyl (C=O) groups excluding carboxylic acids is 1. The smallest absolute Gasteiger partial charge is 0.236 e. The highest BCUT2D eigenvalue weighted by molar-refractivity contribution is 7.90. The van der Waals surface area contributed by atoms with E-state index in [1.807, 2.05) is 36.1 Å². The van der Waals surface area contributed by atoms with Gasteiger partial charge in [0.1, 0.15) is 0 Å². The maximum absolute atomic E-state index is 12.4. The average molecular weight is 339 g/mol. The molecule has 128 valence electrons. The van der Waals surface area contributed by atoms with Crippen LogP contribution in [0.4, 0.5) is 0 Å². The van der Waals surface area contributed by atoms with Crippen LogP contribution in [0.15, 0.2) is 24.3 Å². The maximum Gasteiger partial charge on any atom is 0.236 e. The van der Waals surface area contributed by atoms with Gasteiger partial charge in [-0.25, -0.2) is 13.1 Å². The number of rotatable bonds is 6. The van der Waals surface area contributed by atoms with Crippen molar-refractivity contribution in [2.75, 3.05) is 33.7 Å². The van der Waals surface area contributed by atoms with Crippen molar-refractivity contribution in [1.29, 1.82) is 0 Å². The van der Waals surface area contributed by atoms with Gasteiger partial charge in [-0.1, -0.05) is 24.3 Å². The van der Waals surface area contributed by atoms with E-state index < -0.39 is 15.3 Å². The van der Waals surface area contributed by atoms with Crippen LogP contribution in [0.25, 0.3) is 0 Å². The Bertz CT molecular complexity index is 660. The zero-order chi connectivity index (χ0) is 17.0. The summed E-state index contributed by atoms with van der Waals surface area (Å²) < 4.78 is 26.0. The van der Waals surface area contributed by atoms with E-state index in [4.69, 9.17) is 0 Å². The summed E-state index contributed by atoms with van der Waals surface area (Å²) in [6.07, 6.45) is 0.567. The van der Waals surface area contributed by atoms with Crippen LogP contribution in [0.1, 0.15) is 17.5 Å². The molecule has 1 atom stereocenters. The van der Waals surface area contributed by atoms with Gasteiger partial charge in [0, 0.05) is 26.7 Å². The Morgan fingerprint density at radius 2 is 2.09 bits per heavy atom. The Morgan fingerprint density at radius 3 is 2.74 bits per heavy atom. The molecule has 7 heteroatoms. The van der Waals surface area contributed by atoms with Crippen molar-refractivity contribution in [3.05, 3.63) is 35.4 Å².